The van der Waals surface area contributed by atoms with E-state index in [9.17, 15) is 4.79 Å². The zero-order valence-corrected chi connectivity index (χ0v) is 8.84. The molecule has 1 heterocycles. The minimum absolute atomic E-state index is 0.105. The lowest BCUT2D eigenvalue weighted by Crippen LogP contribution is -2.42. The van der Waals surface area contributed by atoms with Gasteiger partial charge in [-0.3, -0.25) is 0 Å². The molecule has 4 heteroatoms. The Kier molecular flexibility index (Phi) is 2.84. The predicted octanol–water partition coefficient (Wildman–Crippen LogP) is 0.704. The number of hydrogen-bond donors (Lipinski definition) is 0. The Hall–Kier alpha value is -1.05. The van der Waals surface area contributed by atoms with Crippen LogP contribution in [-0.4, -0.2) is 31.1 Å². The maximum Gasteiger partial charge on any atom is 0.353 e. The first-order valence-corrected chi connectivity index (χ1v) is 4.32. The quantitative estimate of drug-likeness (QED) is 0.459. The second-order valence-electron chi connectivity index (χ2n) is 3.48. The van der Waals surface area contributed by atoms with Gasteiger partial charge in [-0.2, -0.15) is 0 Å². The summed E-state index contributed by atoms with van der Waals surface area (Å²) in [4.78, 5) is 11.5. The molecule has 78 valence electrons. The van der Waals surface area contributed by atoms with Crippen molar-refractivity contribution in [2.45, 2.75) is 32.2 Å². The third-order valence-electron chi connectivity index (χ3n) is 1.89. The van der Waals surface area contributed by atoms with Gasteiger partial charge in [0.1, 0.15) is 6.61 Å². The fourth-order valence-electron chi connectivity index (χ4n) is 1.33. The van der Waals surface area contributed by atoms with Crippen LogP contribution in [0.3, 0.4) is 0 Å². The van der Waals surface area contributed by atoms with Crippen LogP contribution in [0.1, 0.15) is 20.8 Å². The van der Waals surface area contributed by atoms with Crippen molar-refractivity contribution in [1.29, 1.82) is 0 Å². The maximum atomic E-state index is 11.5. The van der Waals surface area contributed by atoms with Crippen LogP contribution < -0.4 is 0 Å². The summed E-state index contributed by atoms with van der Waals surface area (Å²) in [7, 11) is 1.30. The van der Waals surface area contributed by atoms with Gasteiger partial charge in [0.05, 0.1) is 7.11 Å². The summed E-state index contributed by atoms with van der Waals surface area (Å²) >= 11 is 0. The van der Waals surface area contributed by atoms with E-state index in [1.54, 1.807) is 20.8 Å². The van der Waals surface area contributed by atoms with Crippen LogP contribution in [0, 0.1) is 11.8 Å². The highest BCUT2D eigenvalue weighted by molar-refractivity contribution is 5.84. The molecule has 0 aliphatic carbocycles. The molecule has 1 aliphatic rings. The zero-order chi connectivity index (χ0) is 10.8. The normalized spacial score (nSPS) is 29.1. The highest BCUT2D eigenvalue weighted by Gasteiger charge is 2.51. The third-order valence-corrected chi connectivity index (χ3v) is 1.89. The van der Waals surface area contributed by atoms with Crippen molar-refractivity contribution < 1.29 is 19.0 Å². The largest absolute Gasteiger partial charge is 0.466 e. The fraction of sp³-hybridized carbons (Fsp3) is 0.700. The molecule has 1 fully saturated rings. The van der Waals surface area contributed by atoms with Gasteiger partial charge in [-0.05, 0) is 20.8 Å². The number of carbonyl (C=O) groups is 1. The summed E-state index contributed by atoms with van der Waals surface area (Å²) in [5, 5.41) is 0. The van der Waals surface area contributed by atoms with Crippen molar-refractivity contribution in [1.82, 2.24) is 0 Å². The summed E-state index contributed by atoms with van der Waals surface area (Å²) in [6, 6.07) is 0. The van der Waals surface area contributed by atoms with E-state index in [1.807, 2.05) is 0 Å². The van der Waals surface area contributed by atoms with E-state index in [0.717, 1.165) is 0 Å². The summed E-state index contributed by atoms with van der Waals surface area (Å²) in [5.74, 6) is 4.03. The van der Waals surface area contributed by atoms with Crippen molar-refractivity contribution in [3.63, 3.8) is 0 Å². The molecule has 1 atom stereocenters. The van der Waals surface area contributed by atoms with Crippen molar-refractivity contribution in [3.05, 3.63) is 0 Å². The monoisotopic (exact) mass is 198 g/mol. The first kappa shape index (κ1) is 11.0. The van der Waals surface area contributed by atoms with Gasteiger partial charge in [0.25, 0.3) is 5.60 Å². The van der Waals surface area contributed by atoms with Crippen molar-refractivity contribution >= 4 is 5.97 Å². The van der Waals surface area contributed by atoms with Gasteiger partial charge in [-0.15, -0.1) is 5.92 Å². The lowest BCUT2D eigenvalue weighted by molar-refractivity contribution is -0.178. The minimum Gasteiger partial charge on any atom is -0.466 e. The molecule has 0 bridgehead atoms. The predicted molar refractivity (Wildman–Crippen MR) is 49.3 cm³/mol. The van der Waals surface area contributed by atoms with Crippen LogP contribution in [0.5, 0.6) is 0 Å². The maximum absolute atomic E-state index is 11.5. The van der Waals surface area contributed by atoms with E-state index in [4.69, 9.17) is 9.47 Å². The standard InChI is InChI=1S/C10H14O4/c1-5-6-10(8(11)12-4)7-13-9(2,3)14-10/h7H2,1-4H3/t10-/m1/s1. The van der Waals surface area contributed by atoms with Crippen molar-refractivity contribution in [3.8, 4) is 11.8 Å². The minimum atomic E-state index is -1.26. The van der Waals surface area contributed by atoms with Crippen molar-refractivity contribution in [2.24, 2.45) is 0 Å². The molecule has 0 spiro atoms. The Morgan fingerprint density at radius 3 is 2.50 bits per heavy atom. The Morgan fingerprint density at radius 2 is 2.14 bits per heavy atom. The average Bonchev–Trinajstić information content (AvgIpc) is 2.42. The van der Waals surface area contributed by atoms with Gasteiger partial charge in [0.15, 0.2) is 5.79 Å². The smallest absolute Gasteiger partial charge is 0.353 e. The molecule has 0 amide bonds. The molecule has 0 radical (unpaired) electrons. The molecule has 4 nitrogen and oxygen atoms in total. The van der Waals surface area contributed by atoms with Gasteiger partial charge in [0.2, 0.25) is 0 Å². The van der Waals surface area contributed by atoms with E-state index in [1.165, 1.54) is 7.11 Å². The highest BCUT2D eigenvalue weighted by atomic mass is 16.8. The third kappa shape index (κ3) is 1.89. The van der Waals surface area contributed by atoms with Crippen LogP contribution in [0.4, 0.5) is 0 Å². The first-order chi connectivity index (χ1) is 6.46. The van der Waals surface area contributed by atoms with Gasteiger partial charge in [-0.25, -0.2) is 4.79 Å². The van der Waals surface area contributed by atoms with Crippen LogP contribution in [-0.2, 0) is 19.0 Å². The summed E-state index contributed by atoms with van der Waals surface area (Å²) in [6.45, 7) is 5.21. The molecule has 1 saturated heterocycles. The fourth-order valence-corrected chi connectivity index (χ4v) is 1.33. The Labute approximate surface area is 83.5 Å². The molecule has 0 N–H and O–H groups in total. The highest BCUT2D eigenvalue weighted by Crippen LogP contribution is 2.31. The average molecular weight is 198 g/mol. The molecule has 14 heavy (non-hydrogen) atoms. The molecule has 0 aromatic carbocycles. The molecule has 0 unspecified atom stereocenters. The molecule has 1 rings (SSSR count). The molecular weight excluding hydrogens is 184 g/mol. The molecular formula is C10H14O4. The van der Waals surface area contributed by atoms with E-state index in [0.29, 0.717) is 0 Å². The SMILES string of the molecule is CC#C[C@]1(C(=O)OC)COC(C)(C)O1. The number of ether oxygens (including phenoxy) is 3. The van der Waals surface area contributed by atoms with Gasteiger partial charge in [0, 0.05) is 0 Å². The lowest BCUT2D eigenvalue weighted by Gasteiger charge is -2.21. The van der Waals surface area contributed by atoms with E-state index in [-0.39, 0.29) is 6.61 Å². The first-order valence-electron chi connectivity index (χ1n) is 4.32. The van der Waals surface area contributed by atoms with Gasteiger partial charge >= 0.3 is 5.97 Å². The second-order valence-corrected chi connectivity index (χ2v) is 3.48. The number of rotatable bonds is 1. The molecule has 0 aromatic rings. The summed E-state index contributed by atoms with van der Waals surface area (Å²) < 4.78 is 15.4. The number of methoxy groups -OCH3 is 1. The zero-order valence-electron chi connectivity index (χ0n) is 8.84. The Balaban J connectivity index is 2.95. The summed E-state index contributed by atoms with van der Waals surface area (Å²) in [6.07, 6.45) is 0. The number of hydrogen-bond acceptors (Lipinski definition) is 4. The van der Waals surface area contributed by atoms with Crippen LogP contribution in [0.2, 0.25) is 0 Å². The second kappa shape index (κ2) is 3.60. The molecule has 0 aromatic heterocycles. The van der Waals surface area contributed by atoms with Gasteiger partial charge in [-0.1, -0.05) is 5.92 Å². The molecule has 0 saturated carbocycles. The number of carbonyl (C=O) groups excluding carboxylic acids is 1. The topological polar surface area (TPSA) is 44.8 Å². The number of esters is 1. The molecule has 1 aliphatic heterocycles. The van der Waals surface area contributed by atoms with E-state index < -0.39 is 17.4 Å². The Bertz CT molecular complexity index is 297. The van der Waals surface area contributed by atoms with Crippen molar-refractivity contribution in [2.75, 3.05) is 13.7 Å². The van der Waals surface area contributed by atoms with Crippen LogP contribution >= 0.6 is 0 Å². The lowest BCUT2D eigenvalue weighted by atomic mass is 10.1. The van der Waals surface area contributed by atoms with Gasteiger partial charge < -0.3 is 14.2 Å². The summed E-state index contributed by atoms with van der Waals surface area (Å²) in [5.41, 5.74) is -1.26. The Morgan fingerprint density at radius 1 is 1.50 bits per heavy atom. The van der Waals surface area contributed by atoms with E-state index >= 15 is 0 Å². The van der Waals surface area contributed by atoms with E-state index in [2.05, 4.69) is 16.6 Å². The van der Waals surface area contributed by atoms with Crippen LogP contribution in [0.15, 0.2) is 0 Å². The van der Waals surface area contributed by atoms with Crippen LogP contribution in [0.25, 0.3) is 0 Å².